The third-order valence-corrected chi connectivity index (χ3v) is 10.9. The van der Waals surface area contributed by atoms with Gasteiger partial charge in [0.15, 0.2) is 0 Å². The minimum absolute atomic E-state index is 0.108. The molecule has 1 saturated heterocycles. The van der Waals surface area contributed by atoms with E-state index >= 15 is 4.79 Å². The third kappa shape index (κ3) is 8.14. The van der Waals surface area contributed by atoms with Gasteiger partial charge in [-0.15, -0.1) is 0 Å². The number of carbonyl (C=O) groups is 2. The van der Waals surface area contributed by atoms with Crippen LogP contribution >= 0.6 is 11.6 Å². The Labute approximate surface area is 305 Å². The summed E-state index contributed by atoms with van der Waals surface area (Å²) in [4.78, 5) is 44.1. The quantitative estimate of drug-likeness (QED) is 0.210. The molecule has 2 aromatic carbocycles. The van der Waals surface area contributed by atoms with Crippen molar-refractivity contribution in [2.24, 2.45) is 0 Å². The van der Waals surface area contributed by atoms with Crippen LogP contribution < -0.4 is 0 Å². The molecule has 4 aromatic rings. The number of pyridine rings is 1. The SMILES string of the molecule is O=C([C@H]1CN([C@@H]2c3ccc(Cl)cc3CCc3cccnc32)CCN1C(=O)OC1CCCCC1)N(CCCn1ccnc1CO)Cc1ccccc1. The average Bonchev–Trinajstić information content (AvgIpc) is 3.56. The number of amides is 2. The predicted octanol–water partition coefficient (Wildman–Crippen LogP) is 6.19. The monoisotopic (exact) mass is 710 g/mol. The first-order valence-corrected chi connectivity index (χ1v) is 18.7. The van der Waals surface area contributed by atoms with Gasteiger partial charge in [0.05, 0.1) is 11.7 Å². The van der Waals surface area contributed by atoms with Crippen molar-refractivity contribution in [3.8, 4) is 0 Å². The highest BCUT2D eigenvalue weighted by molar-refractivity contribution is 6.30. The summed E-state index contributed by atoms with van der Waals surface area (Å²) in [6, 6.07) is 19.3. The van der Waals surface area contributed by atoms with Crippen LogP contribution in [0.1, 0.15) is 78.3 Å². The van der Waals surface area contributed by atoms with Gasteiger partial charge in [0.2, 0.25) is 5.91 Å². The first-order chi connectivity index (χ1) is 25.0. The van der Waals surface area contributed by atoms with Gasteiger partial charge in [-0.25, -0.2) is 9.78 Å². The zero-order valence-electron chi connectivity index (χ0n) is 29.1. The van der Waals surface area contributed by atoms with Gasteiger partial charge in [0.1, 0.15) is 24.6 Å². The number of nitrogens with zero attached hydrogens (tertiary/aromatic N) is 6. The normalized spacial score (nSPS) is 19.5. The molecule has 0 spiro atoms. The number of aromatic nitrogens is 3. The third-order valence-electron chi connectivity index (χ3n) is 10.7. The molecular weight excluding hydrogens is 664 g/mol. The maximum absolute atomic E-state index is 15.0. The van der Waals surface area contributed by atoms with Crippen molar-refractivity contribution >= 4 is 23.6 Å². The van der Waals surface area contributed by atoms with Crippen molar-refractivity contribution in [2.45, 2.75) is 89.3 Å². The van der Waals surface area contributed by atoms with E-state index in [1.807, 2.05) is 64.3 Å². The van der Waals surface area contributed by atoms with Crippen LogP contribution in [0.5, 0.6) is 0 Å². The van der Waals surface area contributed by atoms with Crippen molar-refractivity contribution in [3.05, 3.63) is 118 Å². The highest BCUT2D eigenvalue weighted by Crippen LogP contribution is 2.38. The van der Waals surface area contributed by atoms with Crippen LogP contribution in [0.15, 0.2) is 79.3 Å². The minimum Gasteiger partial charge on any atom is -0.446 e. The van der Waals surface area contributed by atoms with Crippen molar-refractivity contribution in [1.29, 1.82) is 0 Å². The summed E-state index contributed by atoms with van der Waals surface area (Å²) < 4.78 is 8.05. The van der Waals surface area contributed by atoms with E-state index < -0.39 is 12.1 Å². The number of hydrogen-bond acceptors (Lipinski definition) is 7. The van der Waals surface area contributed by atoms with Crippen LogP contribution in [-0.4, -0.2) is 84.7 Å². The topological polar surface area (TPSA) is 104 Å². The molecule has 2 fully saturated rings. The van der Waals surface area contributed by atoms with E-state index in [-0.39, 0.29) is 24.7 Å². The van der Waals surface area contributed by atoms with Gasteiger partial charge in [0, 0.05) is 62.9 Å². The first kappa shape index (κ1) is 35.2. The Kier molecular flexibility index (Phi) is 11.3. The number of aliphatic hydroxyl groups is 1. The average molecular weight is 711 g/mol. The molecule has 2 aromatic heterocycles. The molecule has 1 aliphatic heterocycles. The molecule has 268 valence electrons. The number of imidazole rings is 1. The largest absolute Gasteiger partial charge is 0.446 e. The Morgan fingerprint density at radius 2 is 1.76 bits per heavy atom. The molecular formula is C40H47ClN6O4. The highest BCUT2D eigenvalue weighted by Gasteiger charge is 2.42. The maximum atomic E-state index is 15.0. The Balaban J connectivity index is 1.21. The Bertz CT molecular complexity index is 1790. The number of ether oxygens (including phenoxy) is 1. The van der Waals surface area contributed by atoms with Gasteiger partial charge in [-0.05, 0) is 85.4 Å². The number of benzene rings is 2. The zero-order chi connectivity index (χ0) is 35.2. The Morgan fingerprint density at radius 3 is 2.59 bits per heavy atom. The molecule has 2 atom stereocenters. The first-order valence-electron chi connectivity index (χ1n) is 18.4. The predicted molar refractivity (Wildman–Crippen MR) is 195 cm³/mol. The second kappa shape index (κ2) is 16.4. The van der Waals surface area contributed by atoms with E-state index in [1.165, 1.54) is 11.1 Å². The van der Waals surface area contributed by atoms with Crippen molar-refractivity contribution in [3.63, 3.8) is 0 Å². The summed E-state index contributed by atoms with van der Waals surface area (Å²) in [7, 11) is 0. The number of aryl methyl sites for hydroxylation is 3. The second-order valence-corrected chi connectivity index (χ2v) is 14.4. The van der Waals surface area contributed by atoms with E-state index in [0.29, 0.717) is 56.5 Å². The Morgan fingerprint density at radius 1 is 0.941 bits per heavy atom. The second-order valence-electron chi connectivity index (χ2n) is 13.9. The molecule has 0 unspecified atom stereocenters. The van der Waals surface area contributed by atoms with Crippen molar-refractivity contribution in [2.75, 3.05) is 26.2 Å². The molecule has 10 nitrogen and oxygen atoms in total. The van der Waals surface area contributed by atoms with Gasteiger partial charge in [-0.1, -0.05) is 60.5 Å². The lowest BCUT2D eigenvalue weighted by Gasteiger charge is -2.45. The lowest BCUT2D eigenvalue weighted by Crippen LogP contribution is -2.62. The number of hydrogen-bond donors (Lipinski definition) is 1. The van der Waals surface area contributed by atoms with E-state index in [1.54, 1.807) is 11.1 Å². The van der Waals surface area contributed by atoms with Crippen molar-refractivity contribution < 1.29 is 19.4 Å². The van der Waals surface area contributed by atoms with Crippen LogP contribution in [0.2, 0.25) is 5.02 Å². The minimum atomic E-state index is -0.758. The number of halogens is 1. The molecule has 11 heteroatoms. The van der Waals surface area contributed by atoms with E-state index in [2.05, 4.69) is 28.1 Å². The molecule has 3 heterocycles. The summed E-state index contributed by atoms with van der Waals surface area (Å²) in [5.74, 6) is 0.484. The van der Waals surface area contributed by atoms with Crippen LogP contribution in [0.4, 0.5) is 4.79 Å². The zero-order valence-corrected chi connectivity index (χ0v) is 29.8. The fourth-order valence-corrected chi connectivity index (χ4v) is 8.22. The van der Waals surface area contributed by atoms with Crippen LogP contribution in [-0.2, 0) is 42.1 Å². The molecule has 1 N–H and O–H groups in total. The fourth-order valence-electron chi connectivity index (χ4n) is 8.02. The number of fused-ring (bicyclic) bond motifs is 2. The summed E-state index contributed by atoms with van der Waals surface area (Å²) >= 11 is 6.51. The number of piperazine rings is 1. The molecule has 3 aliphatic rings. The standard InChI is InChI=1S/C40H47ClN6O4/c41-32-16-17-34-31(25-32)15-14-30-11-7-18-43-37(30)38(34)45-23-24-47(40(50)51-33-12-5-2-6-13-33)35(27-45)39(49)46(26-29-9-3-1-4-10-29)21-8-20-44-22-19-42-36(44)28-48/h1,3-4,7,9-11,16-19,22,25,33,35,38,48H,2,5-6,8,12-15,20-21,23-24,26-28H2/t35-,38-/m1/s1. The summed E-state index contributed by atoms with van der Waals surface area (Å²) in [6.07, 6.45) is 12.2. The van der Waals surface area contributed by atoms with Gasteiger partial charge in [0.25, 0.3) is 0 Å². The van der Waals surface area contributed by atoms with Crippen LogP contribution in [0.3, 0.4) is 0 Å². The molecule has 0 bridgehead atoms. The van der Waals surface area contributed by atoms with Crippen LogP contribution in [0.25, 0.3) is 0 Å². The summed E-state index contributed by atoms with van der Waals surface area (Å²) in [5.41, 5.74) is 5.51. The fraction of sp³-hybridized carbons (Fsp3) is 0.450. The highest BCUT2D eigenvalue weighted by atomic mass is 35.5. The van der Waals surface area contributed by atoms with Gasteiger partial charge < -0.3 is 19.3 Å². The maximum Gasteiger partial charge on any atom is 0.410 e. The summed E-state index contributed by atoms with van der Waals surface area (Å²) in [5, 5.41) is 10.4. The van der Waals surface area contributed by atoms with E-state index in [4.69, 9.17) is 21.3 Å². The molecule has 2 amide bonds. The smallest absolute Gasteiger partial charge is 0.410 e. The van der Waals surface area contributed by atoms with Crippen molar-refractivity contribution in [1.82, 2.24) is 29.2 Å². The molecule has 1 saturated carbocycles. The van der Waals surface area contributed by atoms with Gasteiger partial charge in [-0.3, -0.25) is 19.6 Å². The molecule has 2 aliphatic carbocycles. The molecule has 0 radical (unpaired) electrons. The van der Waals surface area contributed by atoms with Gasteiger partial charge >= 0.3 is 6.09 Å². The lowest BCUT2D eigenvalue weighted by atomic mass is 9.95. The number of carbonyl (C=O) groups excluding carboxylic acids is 2. The Hall–Kier alpha value is -4.25. The van der Waals surface area contributed by atoms with Crippen LogP contribution in [0, 0.1) is 0 Å². The van der Waals surface area contributed by atoms with Gasteiger partial charge in [-0.2, -0.15) is 0 Å². The lowest BCUT2D eigenvalue weighted by molar-refractivity contribution is -0.140. The number of rotatable bonds is 10. The molecule has 51 heavy (non-hydrogen) atoms. The van der Waals surface area contributed by atoms with E-state index in [0.717, 1.165) is 61.8 Å². The van der Waals surface area contributed by atoms with E-state index in [9.17, 15) is 9.90 Å². The summed E-state index contributed by atoms with van der Waals surface area (Å²) in [6.45, 7) is 2.59. The number of aliphatic hydroxyl groups excluding tert-OH is 1. The molecule has 7 rings (SSSR count).